The molecule has 1 aromatic rings. The highest BCUT2D eigenvalue weighted by Gasteiger charge is 2.16. The fraction of sp³-hybridized carbons (Fsp3) is 0.533. The van der Waals surface area contributed by atoms with Crippen molar-refractivity contribution in [1.29, 1.82) is 0 Å². The number of para-hydroxylation sites is 1. The number of benzene rings is 1. The van der Waals surface area contributed by atoms with E-state index in [0.29, 0.717) is 17.1 Å². The SMILES string of the molecule is C[C@H]1CCCN(CCC(=O)Nc2ccccc2Cl)C1. The maximum Gasteiger partial charge on any atom is 0.225 e. The van der Waals surface area contributed by atoms with Crippen molar-refractivity contribution in [2.24, 2.45) is 5.92 Å². The van der Waals surface area contributed by atoms with E-state index in [1.165, 1.54) is 12.8 Å². The van der Waals surface area contributed by atoms with Crippen molar-refractivity contribution in [3.8, 4) is 0 Å². The molecule has 0 aromatic heterocycles. The van der Waals surface area contributed by atoms with Gasteiger partial charge in [0.2, 0.25) is 5.91 Å². The van der Waals surface area contributed by atoms with Crippen molar-refractivity contribution in [1.82, 2.24) is 4.90 Å². The first-order chi connectivity index (χ1) is 9.15. The van der Waals surface area contributed by atoms with Gasteiger partial charge in [0.25, 0.3) is 0 Å². The van der Waals surface area contributed by atoms with Crippen LogP contribution >= 0.6 is 11.6 Å². The summed E-state index contributed by atoms with van der Waals surface area (Å²) in [5, 5.41) is 3.45. The van der Waals surface area contributed by atoms with E-state index in [1.807, 2.05) is 18.2 Å². The zero-order chi connectivity index (χ0) is 13.7. The summed E-state index contributed by atoms with van der Waals surface area (Å²) in [4.78, 5) is 14.3. The first kappa shape index (κ1) is 14.4. The molecule has 104 valence electrons. The van der Waals surface area contributed by atoms with E-state index in [-0.39, 0.29) is 5.91 Å². The molecule has 0 unspecified atom stereocenters. The lowest BCUT2D eigenvalue weighted by atomic mass is 10.0. The summed E-state index contributed by atoms with van der Waals surface area (Å²) >= 11 is 6.01. The fourth-order valence-corrected chi connectivity index (χ4v) is 2.71. The molecule has 0 aliphatic carbocycles. The molecule has 4 heteroatoms. The summed E-state index contributed by atoms with van der Waals surface area (Å²) in [7, 11) is 0. The van der Waals surface area contributed by atoms with Crippen molar-refractivity contribution in [3.05, 3.63) is 29.3 Å². The van der Waals surface area contributed by atoms with Crippen molar-refractivity contribution < 1.29 is 4.79 Å². The second kappa shape index (κ2) is 6.92. The molecule has 2 rings (SSSR count). The van der Waals surface area contributed by atoms with E-state index in [2.05, 4.69) is 17.1 Å². The zero-order valence-corrected chi connectivity index (χ0v) is 12.1. The van der Waals surface area contributed by atoms with Gasteiger partial charge in [-0.3, -0.25) is 4.79 Å². The lowest BCUT2D eigenvalue weighted by Crippen LogP contribution is -2.36. The quantitative estimate of drug-likeness (QED) is 0.917. The summed E-state index contributed by atoms with van der Waals surface area (Å²) in [5.41, 5.74) is 0.696. The van der Waals surface area contributed by atoms with Gasteiger partial charge in [0.15, 0.2) is 0 Å². The number of carbonyl (C=O) groups excluding carboxylic acids is 1. The third-order valence-electron chi connectivity index (χ3n) is 3.54. The molecule has 0 saturated carbocycles. The number of hydrogen-bond acceptors (Lipinski definition) is 2. The van der Waals surface area contributed by atoms with Gasteiger partial charge in [-0.25, -0.2) is 0 Å². The Kier molecular flexibility index (Phi) is 5.23. The van der Waals surface area contributed by atoms with Crippen LogP contribution in [0.25, 0.3) is 0 Å². The number of piperidine rings is 1. The van der Waals surface area contributed by atoms with Gasteiger partial charge >= 0.3 is 0 Å². The monoisotopic (exact) mass is 280 g/mol. The molecule has 1 aliphatic rings. The first-order valence-corrected chi connectivity index (χ1v) is 7.29. The van der Waals surface area contributed by atoms with E-state index >= 15 is 0 Å². The molecule has 1 aromatic carbocycles. The van der Waals surface area contributed by atoms with Gasteiger partial charge in [0.1, 0.15) is 0 Å². The molecule has 1 saturated heterocycles. The van der Waals surface area contributed by atoms with E-state index < -0.39 is 0 Å². The van der Waals surface area contributed by atoms with Crippen molar-refractivity contribution in [3.63, 3.8) is 0 Å². The minimum absolute atomic E-state index is 0.0336. The number of hydrogen-bond donors (Lipinski definition) is 1. The summed E-state index contributed by atoms with van der Waals surface area (Å²) < 4.78 is 0. The number of anilines is 1. The number of nitrogens with one attached hydrogen (secondary N) is 1. The van der Waals surface area contributed by atoms with Gasteiger partial charge in [0, 0.05) is 19.5 Å². The molecule has 3 nitrogen and oxygen atoms in total. The van der Waals surface area contributed by atoms with Crippen LogP contribution in [0.1, 0.15) is 26.2 Å². The molecule has 19 heavy (non-hydrogen) atoms. The predicted molar refractivity (Wildman–Crippen MR) is 79.5 cm³/mol. The van der Waals surface area contributed by atoms with Crippen LogP contribution in [0.2, 0.25) is 5.02 Å². The molecule has 1 heterocycles. The Bertz CT molecular complexity index is 436. The van der Waals surface area contributed by atoms with Crippen LogP contribution < -0.4 is 5.32 Å². The standard InChI is InChI=1S/C15H21ClN2O/c1-12-5-4-9-18(11-12)10-8-15(19)17-14-7-3-2-6-13(14)16/h2-3,6-7,12H,4-5,8-11H2,1H3,(H,17,19)/t12-/m0/s1. The Morgan fingerprint density at radius 1 is 1.47 bits per heavy atom. The van der Waals surface area contributed by atoms with Crippen LogP contribution in [0, 0.1) is 5.92 Å². The Morgan fingerprint density at radius 3 is 3.00 bits per heavy atom. The minimum Gasteiger partial charge on any atom is -0.325 e. The number of carbonyl (C=O) groups is 1. The smallest absolute Gasteiger partial charge is 0.225 e. The van der Waals surface area contributed by atoms with Gasteiger partial charge in [0.05, 0.1) is 10.7 Å². The normalized spacial score (nSPS) is 20.2. The second-order valence-electron chi connectivity index (χ2n) is 5.33. The van der Waals surface area contributed by atoms with E-state index in [4.69, 9.17) is 11.6 Å². The third-order valence-corrected chi connectivity index (χ3v) is 3.87. The number of likely N-dealkylation sites (tertiary alicyclic amines) is 1. The van der Waals surface area contributed by atoms with Crippen molar-refractivity contribution in [2.75, 3.05) is 25.0 Å². The largest absolute Gasteiger partial charge is 0.325 e. The minimum atomic E-state index is 0.0336. The molecular formula is C15H21ClN2O. The summed E-state index contributed by atoms with van der Waals surface area (Å²) in [5.74, 6) is 0.784. The molecule has 1 aliphatic heterocycles. The molecule has 1 amide bonds. The highest BCUT2D eigenvalue weighted by atomic mass is 35.5. The predicted octanol–water partition coefficient (Wildman–Crippen LogP) is 3.40. The van der Waals surface area contributed by atoms with Gasteiger partial charge in [-0.05, 0) is 37.4 Å². The maximum atomic E-state index is 11.9. The zero-order valence-electron chi connectivity index (χ0n) is 11.4. The molecular weight excluding hydrogens is 260 g/mol. The summed E-state index contributed by atoms with van der Waals surface area (Å²) in [6, 6.07) is 7.33. The average molecular weight is 281 g/mol. The highest BCUT2D eigenvalue weighted by molar-refractivity contribution is 6.33. The van der Waals surface area contributed by atoms with Crippen LogP contribution in [0.3, 0.4) is 0 Å². The van der Waals surface area contributed by atoms with Gasteiger partial charge in [-0.2, -0.15) is 0 Å². The van der Waals surface area contributed by atoms with Crippen LogP contribution in [0.15, 0.2) is 24.3 Å². The maximum absolute atomic E-state index is 11.9. The summed E-state index contributed by atoms with van der Waals surface area (Å²) in [6.45, 7) is 5.33. The molecule has 1 atom stereocenters. The van der Waals surface area contributed by atoms with Gasteiger partial charge in [-0.1, -0.05) is 30.7 Å². The topological polar surface area (TPSA) is 32.3 Å². The van der Waals surface area contributed by atoms with Crippen LogP contribution in [-0.2, 0) is 4.79 Å². The third kappa shape index (κ3) is 4.51. The molecule has 0 radical (unpaired) electrons. The fourth-order valence-electron chi connectivity index (χ4n) is 2.52. The number of rotatable bonds is 4. The van der Waals surface area contributed by atoms with Gasteiger partial charge < -0.3 is 10.2 Å². The highest BCUT2D eigenvalue weighted by Crippen LogP contribution is 2.20. The van der Waals surface area contributed by atoms with Gasteiger partial charge in [-0.15, -0.1) is 0 Å². The molecule has 0 spiro atoms. The average Bonchev–Trinajstić information content (AvgIpc) is 2.39. The lowest BCUT2D eigenvalue weighted by Gasteiger charge is -2.30. The van der Waals surface area contributed by atoms with E-state index in [0.717, 1.165) is 25.6 Å². The van der Waals surface area contributed by atoms with Crippen LogP contribution in [0.4, 0.5) is 5.69 Å². The Morgan fingerprint density at radius 2 is 2.26 bits per heavy atom. The van der Waals surface area contributed by atoms with Crippen LogP contribution in [-0.4, -0.2) is 30.4 Å². The molecule has 0 bridgehead atoms. The van der Waals surface area contributed by atoms with E-state index in [1.54, 1.807) is 6.07 Å². The number of amides is 1. The van der Waals surface area contributed by atoms with Crippen molar-refractivity contribution in [2.45, 2.75) is 26.2 Å². The second-order valence-corrected chi connectivity index (χ2v) is 5.73. The van der Waals surface area contributed by atoms with Crippen LogP contribution in [0.5, 0.6) is 0 Å². The van der Waals surface area contributed by atoms with E-state index in [9.17, 15) is 4.79 Å². The molecule has 1 N–H and O–H groups in total. The van der Waals surface area contributed by atoms with Crippen molar-refractivity contribution >= 4 is 23.2 Å². The molecule has 1 fully saturated rings. The Balaban J connectivity index is 1.77. The lowest BCUT2D eigenvalue weighted by molar-refractivity contribution is -0.116. The first-order valence-electron chi connectivity index (χ1n) is 6.92. The number of nitrogens with zero attached hydrogens (tertiary/aromatic N) is 1. The summed E-state index contributed by atoms with van der Waals surface area (Å²) in [6.07, 6.45) is 3.08. The Hall–Kier alpha value is -1.06. The Labute approximate surface area is 119 Å². The number of halogens is 1.